The highest BCUT2D eigenvalue weighted by Gasteiger charge is 2.28. The van der Waals surface area contributed by atoms with Gasteiger partial charge in [0.05, 0.1) is 17.4 Å². The first-order chi connectivity index (χ1) is 11.4. The number of aromatic amines is 1. The summed E-state index contributed by atoms with van der Waals surface area (Å²) in [5, 5.41) is 8.41. The number of fused-ring (bicyclic) bond motifs is 1. The first kappa shape index (κ1) is 14.3. The van der Waals surface area contributed by atoms with Crippen LogP contribution in [0.25, 0.3) is 10.9 Å². The van der Waals surface area contributed by atoms with E-state index in [0.29, 0.717) is 6.67 Å². The van der Waals surface area contributed by atoms with Gasteiger partial charge in [-0.25, -0.2) is 0 Å². The molecule has 1 aromatic carbocycles. The van der Waals surface area contributed by atoms with Gasteiger partial charge in [-0.2, -0.15) is 5.10 Å². The zero-order valence-electron chi connectivity index (χ0n) is 13.6. The zero-order chi connectivity index (χ0) is 15.6. The van der Waals surface area contributed by atoms with Crippen molar-refractivity contribution in [3.05, 3.63) is 36.3 Å². The molecule has 1 aromatic heterocycles. The van der Waals surface area contributed by atoms with Crippen LogP contribution in [0, 0.1) is 5.92 Å². The summed E-state index contributed by atoms with van der Waals surface area (Å²) in [5.41, 5.74) is 2.25. The van der Waals surface area contributed by atoms with E-state index in [2.05, 4.69) is 56.2 Å². The number of H-pyrrole nitrogens is 1. The molecule has 2 heterocycles. The minimum atomic E-state index is 0.668. The van der Waals surface area contributed by atoms with Crippen molar-refractivity contribution in [1.82, 2.24) is 15.1 Å². The SMILES string of the molecule is CCCN(CC1CC1)C1=CC=NCN1c1cccc2[nH]ncc12. The summed E-state index contributed by atoms with van der Waals surface area (Å²) in [6.45, 7) is 5.17. The third-order valence-electron chi connectivity index (χ3n) is 4.57. The van der Waals surface area contributed by atoms with Crippen LogP contribution in [0.15, 0.2) is 41.3 Å². The topological polar surface area (TPSA) is 47.5 Å². The molecule has 5 nitrogen and oxygen atoms in total. The lowest BCUT2D eigenvalue weighted by Gasteiger charge is -2.36. The summed E-state index contributed by atoms with van der Waals surface area (Å²) >= 11 is 0. The van der Waals surface area contributed by atoms with Crippen LogP contribution in [0.1, 0.15) is 26.2 Å². The molecule has 0 unspecified atom stereocenters. The van der Waals surface area contributed by atoms with E-state index >= 15 is 0 Å². The standard InChI is InChI=1S/C18H23N5/c1-2-10-22(12-14-6-7-14)18-8-9-19-13-23(18)17-5-3-4-16-15(17)11-20-21-16/h3-5,8-9,11,14H,2,6-7,10,12-13H2,1H3,(H,20,21). The Labute approximate surface area is 136 Å². The van der Waals surface area contributed by atoms with E-state index in [1.807, 2.05) is 12.4 Å². The molecule has 1 aliphatic heterocycles. The summed E-state index contributed by atoms with van der Waals surface area (Å²) in [4.78, 5) is 9.33. The van der Waals surface area contributed by atoms with Gasteiger partial charge < -0.3 is 9.80 Å². The Morgan fingerprint density at radius 2 is 2.26 bits per heavy atom. The van der Waals surface area contributed by atoms with Crippen molar-refractivity contribution in [3.8, 4) is 0 Å². The van der Waals surface area contributed by atoms with Gasteiger partial charge in [0, 0.05) is 24.7 Å². The molecule has 0 bridgehead atoms. The Bertz CT molecular complexity index is 741. The van der Waals surface area contributed by atoms with Crippen LogP contribution in [-0.2, 0) is 0 Å². The minimum absolute atomic E-state index is 0.668. The molecule has 4 rings (SSSR count). The smallest absolute Gasteiger partial charge is 0.116 e. The fourth-order valence-corrected chi connectivity index (χ4v) is 3.26. The third-order valence-corrected chi connectivity index (χ3v) is 4.57. The van der Waals surface area contributed by atoms with Crippen LogP contribution in [0.3, 0.4) is 0 Å². The number of hydrogen-bond donors (Lipinski definition) is 1. The lowest BCUT2D eigenvalue weighted by Crippen LogP contribution is -2.39. The van der Waals surface area contributed by atoms with Gasteiger partial charge in [0.15, 0.2) is 0 Å². The maximum Gasteiger partial charge on any atom is 0.116 e. The quantitative estimate of drug-likeness (QED) is 0.890. The lowest BCUT2D eigenvalue weighted by atomic mass is 10.2. The molecule has 0 radical (unpaired) electrons. The molecule has 0 amide bonds. The molecule has 5 heteroatoms. The highest BCUT2D eigenvalue weighted by atomic mass is 15.4. The monoisotopic (exact) mass is 309 g/mol. The average Bonchev–Trinajstić information content (AvgIpc) is 3.27. The number of allylic oxidation sites excluding steroid dienone is 1. The summed E-state index contributed by atoms with van der Waals surface area (Å²) in [6, 6.07) is 6.31. The molecule has 2 aliphatic rings. The van der Waals surface area contributed by atoms with Crippen molar-refractivity contribution in [2.45, 2.75) is 26.2 Å². The van der Waals surface area contributed by atoms with E-state index in [-0.39, 0.29) is 0 Å². The summed E-state index contributed by atoms with van der Waals surface area (Å²) < 4.78 is 0. The maximum absolute atomic E-state index is 4.48. The molecule has 1 saturated carbocycles. The normalized spacial score (nSPS) is 17.6. The van der Waals surface area contributed by atoms with Gasteiger partial charge in [-0.1, -0.05) is 13.0 Å². The van der Waals surface area contributed by atoms with E-state index < -0.39 is 0 Å². The Morgan fingerprint density at radius 3 is 3.09 bits per heavy atom. The van der Waals surface area contributed by atoms with Gasteiger partial charge in [0.25, 0.3) is 0 Å². The number of hydrogen-bond acceptors (Lipinski definition) is 4. The molecule has 0 saturated heterocycles. The number of anilines is 1. The van der Waals surface area contributed by atoms with Crippen LogP contribution >= 0.6 is 0 Å². The average molecular weight is 309 g/mol. The van der Waals surface area contributed by atoms with Gasteiger partial charge in [0.2, 0.25) is 0 Å². The molecule has 1 fully saturated rings. The Morgan fingerprint density at radius 1 is 1.35 bits per heavy atom. The Hall–Kier alpha value is -2.30. The maximum atomic E-state index is 4.48. The van der Waals surface area contributed by atoms with Crippen molar-refractivity contribution in [2.75, 3.05) is 24.7 Å². The van der Waals surface area contributed by atoms with Gasteiger partial charge in [-0.05, 0) is 43.4 Å². The second kappa shape index (κ2) is 6.07. The molecule has 0 atom stereocenters. The predicted octanol–water partition coefficient (Wildman–Crippen LogP) is 3.37. The van der Waals surface area contributed by atoms with Gasteiger partial charge in [-0.15, -0.1) is 0 Å². The minimum Gasteiger partial charge on any atom is -0.358 e. The number of nitrogens with zero attached hydrogens (tertiary/aromatic N) is 4. The van der Waals surface area contributed by atoms with Crippen LogP contribution in [0.4, 0.5) is 5.69 Å². The second-order valence-electron chi connectivity index (χ2n) is 6.42. The number of nitrogens with one attached hydrogen (secondary N) is 1. The second-order valence-corrected chi connectivity index (χ2v) is 6.42. The molecular weight excluding hydrogens is 286 g/mol. The van der Waals surface area contributed by atoms with Gasteiger partial charge in [0.1, 0.15) is 12.5 Å². The summed E-state index contributed by atoms with van der Waals surface area (Å²) in [7, 11) is 0. The van der Waals surface area contributed by atoms with E-state index in [1.165, 1.54) is 24.4 Å². The zero-order valence-corrected chi connectivity index (χ0v) is 13.6. The summed E-state index contributed by atoms with van der Waals surface area (Å²) in [5.74, 6) is 2.13. The van der Waals surface area contributed by atoms with Crippen LogP contribution < -0.4 is 4.90 Å². The van der Waals surface area contributed by atoms with Gasteiger partial charge in [-0.3, -0.25) is 10.1 Å². The molecule has 1 N–H and O–H groups in total. The Kier molecular flexibility index (Phi) is 3.77. The van der Waals surface area contributed by atoms with E-state index in [4.69, 9.17) is 0 Å². The highest BCUT2D eigenvalue weighted by Crippen LogP contribution is 2.34. The van der Waals surface area contributed by atoms with Crippen LogP contribution in [-0.4, -0.2) is 41.1 Å². The van der Waals surface area contributed by atoms with Crippen molar-refractivity contribution in [3.63, 3.8) is 0 Å². The van der Waals surface area contributed by atoms with E-state index in [1.54, 1.807) is 0 Å². The van der Waals surface area contributed by atoms with Crippen molar-refractivity contribution in [1.29, 1.82) is 0 Å². The van der Waals surface area contributed by atoms with Crippen molar-refractivity contribution in [2.24, 2.45) is 10.9 Å². The third kappa shape index (κ3) is 2.83. The largest absolute Gasteiger partial charge is 0.358 e. The number of rotatable bonds is 6. The first-order valence-corrected chi connectivity index (χ1v) is 8.51. The molecule has 23 heavy (non-hydrogen) atoms. The van der Waals surface area contributed by atoms with Crippen LogP contribution in [0.2, 0.25) is 0 Å². The van der Waals surface area contributed by atoms with E-state index in [9.17, 15) is 0 Å². The van der Waals surface area contributed by atoms with Crippen molar-refractivity contribution < 1.29 is 0 Å². The molecule has 0 spiro atoms. The fraction of sp³-hybridized carbons (Fsp3) is 0.444. The van der Waals surface area contributed by atoms with Gasteiger partial charge >= 0.3 is 0 Å². The number of aliphatic imine (C=N–C) groups is 1. The number of aromatic nitrogens is 2. The molecular formula is C18H23N5. The highest BCUT2D eigenvalue weighted by molar-refractivity contribution is 5.93. The Balaban J connectivity index is 1.69. The molecule has 1 aliphatic carbocycles. The summed E-state index contributed by atoms with van der Waals surface area (Å²) in [6.07, 6.45) is 9.91. The van der Waals surface area contributed by atoms with E-state index in [0.717, 1.165) is 36.3 Å². The lowest BCUT2D eigenvalue weighted by molar-refractivity contribution is 0.320. The molecule has 2 aromatic rings. The molecule has 120 valence electrons. The van der Waals surface area contributed by atoms with Crippen LogP contribution in [0.5, 0.6) is 0 Å². The predicted molar refractivity (Wildman–Crippen MR) is 94.6 cm³/mol. The number of benzene rings is 1. The fourth-order valence-electron chi connectivity index (χ4n) is 3.26. The first-order valence-electron chi connectivity index (χ1n) is 8.51. The van der Waals surface area contributed by atoms with Crippen molar-refractivity contribution >= 4 is 22.8 Å².